The third kappa shape index (κ3) is 3.43. The van der Waals surface area contributed by atoms with Crippen molar-refractivity contribution in [3.63, 3.8) is 0 Å². The molecule has 0 saturated heterocycles. The van der Waals surface area contributed by atoms with Gasteiger partial charge in [-0.25, -0.2) is 9.18 Å². The van der Waals surface area contributed by atoms with E-state index in [0.29, 0.717) is 17.7 Å². The highest BCUT2D eigenvalue weighted by Crippen LogP contribution is 2.08. The minimum absolute atomic E-state index is 0.302. The van der Waals surface area contributed by atoms with Crippen molar-refractivity contribution >= 4 is 5.97 Å². The minimum Gasteiger partial charge on any atom is -0.456 e. The number of carbonyl (C=O) groups excluding carboxylic acids is 1. The van der Waals surface area contributed by atoms with Crippen molar-refractivity contribution in [1.29, 1.82) is 0 Å². The number of esters is 1. The van der Waals surface area contributed by atoms with Crippen molar-refractivity contribution < 1.29 is 13.9 Å². The van der Waals surface area contributed by atoms with E-state index < -0.39 is 5.97 Å². The lowest BCUT2D eigenvalue weighted by Crippen LogP contribution is -1.99. The Morgan fingerprint density at radius 3 is 2.87 bits per heavy atom. The first-order valence-corrected chi connectivity index (χ1v) is 4.58. The molecule has 1 aromatic carbocycles. The number of hydrogen-bond acceptors (Lipinski definition) is 2. The van der Waals surface area contributed by atoms with Crippen LogP contribution in [0.3, 0.4) is 0 Å². The van der Waals surface area contributed by atoms with Crippen molar-refractivity contribution in [3.05, 3.63) is 35.1 Å². The molecule has 15 heavy (non-hydrogen) atoms. The summed E-state index contributed by atoms with van der Waals surface area (Å²) in [6.45, 7) is 3.75. The molecule has 0 amide bonds. The number of benzene rings is 1. The zero-order valence-electron chi connectivity index (χ0n) is 8.63. The topological polar surface area (TPSA) is 26.3 Å². The second-order valence-electron chi connectivity index (χ2n) is 2.93. The Morgan fingerprint density at radius 1 is 1.53 bits per heavy atom. The third-order valence-electron chi connectivity index (χ3n) is 1.76. The van der Waals surface area contributed by atoms with Gasteiger partial charge in [0, 0.05) is 11.5 Å². The van der Waals surface area contributed by atoms with Crippen molar-refractivity contribution in [3.8, 4) is 11.8 Å². The smallest absolute Gasteiger partial charge is 0.384 e. The zero-order valence-corrected chi connectivity index (χ0v) is 8.63. The van der Waals surface area contributed by atoms with Crippen molar-refractivity contribution in [2.45, 2.75) is 13.8 Å². The normalized spacial score (nSPS) is 9.00. The first kappa shape index (κ1) is 11.3. The van der Waals surface area contributed by atoms with Gasteiger partial charge in [0.15, 0.2) is 0 Å². The van der Waals surface area contributed by atoms with Crippen molar-refractivity contribution in [1.82, 2.24) is 0 Å². The summed E-state index contributed by atoms with van der Waals surface area (Å²) in [7, 11) is 0. The van der Waals surface area contributed by atoms with Crippen LogP contribution in [0.2, 0.25) is 0 Å². The van der Waals surface area contributed by atoms with E-state index in [0.717, 1.165) is 0 Å². The second-order valence-corrected chi connectivity index (χ2v) is 2.93. The van der Waals surface area contributed by atoms with E-state index in [4.69, 9.17) is 0 Å². The lowest BCUT2D eigenvalue weighted by molar-refractivity contribution is -0.136. The molecular weight excluding hydrogens is 195 g/mol. The van der Waals surface area contributed by atoms with E-state index in [9.17, 15) is 9.18 Å². The molecule has 0 atom stereocenters. The summed E-state index contributed by atoms with van der Waals surface area (Å²) in [6.07, 6.45) is 0. The van der Waals surface area contributed by atoms with Gasteiger partial charge in [-0.2, -0.15) is 0 Å². The molecule has 0 aromatic heterocycles. The summed E-state index contributed by atoms with van der Waals surface area (Å²) < 4.78 is 17.4. The maximum atomic E-state index is 12.7. The average Bonchev–Trinajstić information content (AvgIpc) is 2.17. The van der Waals surface area contributed by atoms with Crippen LogP contribution in [0.1, 0.15) is 18.1 Å². The summed E-state index contributed by atoms with van der Waals surface area (Å²) in [6, 6.07) is 4.22. The van der Waals surface area contributed by atoms with Crippen LogP contribution in [0.15, 0.2) is 18.2 Å². The molecule has 0 unspecified atom stereocenters. The summed E-state index contributed by atoms with van der Waals surface area (Å²) in [5, 5.41) is 0. The van der Waals surface area contributed by atoms with E-state index in [1.165, 1.54) is 18.2 Å². The molecule has 0 spiro atoms. The van der Waals surface area contributed by atoms with Crippen LogP contribution >= 0.6 is 0 Å². The summed E-state index contributed by atoms with van der Waals surface area (Å²) >= 11 is 0. The zero-order chi connectivity index (χ0) is 11.3. The highest BCUT2D eigenvalue weighted by molar-refractivity contribution is 5.89. The molecule has 0 bridgehead atoms. The van der Waals surface area contributed by atoms with Gasteiger partial charge in [-0.1, -0.05) is 5.92 Å². The van der Waals surface area contributed by atoms with Crippen LogP contribution in [-0.4, -0.2) is 12.6 Å². The summed E-state index contributed by atoms with van der Waals surface area (Å²) in [4.78, 5) is 10.9. The van der Waals surface area contributed by atoms with Gasteiger partial charge >= 0.3 is 5.97 Å². The molecule has 0 N–H and O–H groups in total. The predicted octanol–water partition coefficient (Wildman–Crippen LogP) is 2.05. The first-order valence-electron chi connectivity index (χ1n) is 4.58. The fraction of sp³-hybridized carbons (Fsp3) is 0.250. The maximum Gasteiger partial charge on any atom is 0.384 e. The molecule has 1 rings (SSSR count). The minimum atomic E-state index is -0.568. The van der Waals surface area contributed by atoms with E-state index in [1.807, 2.05) is 0 Å². The largest absolute Gasteiger partial charge is 0.456 e. The van der Waals surface area contributed by atoms with Crippen molar-refractivity contribution in [2.75, 3.05) is 6.61 Å². The van der Waals surface area contributed by atoms with Crippen LogP contribution in [0.25, 0.3) is 0 Å². The van der Waals surface area contributed by atoms with Crippen LogP contribution in [-0.2, 0) is 9.53 Å². The van der Waals surface area contributed by atoms with Gasteiger partial charge in [-0.3, -0.25) is 0 Å². The van der Waals surface area contributed by atoms with Gasteiger partial charge in [0.05, 0.1) is 6.61 Å². The molecule has 0 aliphatic heterocycles. The van der Waals surface area contributed by atoms with E-state index in [2.05, 4.69) is 16.6 Å². The Labute approximate surface area is 88.1 Å². The van der Waals surface area contributed by atoms with Crippen LogP contribution < -0.4 is 0 Å². The Bertz CT molecular complexity index is 427. The third-order valence-corrected chi connectivity index (χ3v) is 1.76. The summed E-state index contributed by atoms with van der Waals surface area (Å²) in [5.41, 5.74) is 1.33. The lowest BCUT2D eigenvalue weighted by Gasteiger charge is -1.96. The Morgan fingerprint density at radius 2 is 2.27 bits per heavy atom. The number of carbonyl (C=O) groups is 1. The molecule has 1 aromatic rings. The quantitative estimate of drug-likeness (QED) is 0.519. The first-order chi connectivity index (χ1) is 7.13. The fourth-order valence-corrected chi connectivity index (χ4v) is 1.05. The molecule has 0 aliphatic rings. The van der Waals surface area contributed by atoms with Crippen LogP contribution in [0, 0.1) is 24.6 Å². The van der Waals surface area contributed by atoms with E-state index >= 15 is 0 Å². The number of hydrogen-bond donors (Lipinski definition) is 0. The molecule has 0 heterocycles. The molecule has 78 valence electrons. The standard InChI is InChI=1S/C12H11FO2/c1-3-15-12(14)7-5-10-4-6-11(13)8-9(10)2/h4,6,8H,3H2,1-2H3. The van der Waals surface area contributed by atoms with Gasteiger partial charge in [-0.15, -0.1) is 0 Å². The molecule has 2 nitrogen and oxygen atoms in total. The van der Waals surface area contributed by atoms with E-state index in [-0.39, 0.29) is 5.82 Å². The maximum absolute atomic E-state index is 12.7. The number of halogens is 1. The van der Waals surface area contributed by atoms with Gasteiger partial charge in [0.1, 0.15) is 5.82 Å². The molecule has 0 radical (unpaired) electrons. The Balaban J connectivity index is 2.84. The highest BCUT2D eigenvalue weighted by atomic mass is 19.1. The van der Waals surface area contributed by atoms with Gasteiger partial charge in [0.25, 0.3) is 0 Å². The molecular formula is C12H11FO2. The lowest BCUT2D eigenvalue weighted by atomic mass is 10.1. The van der Waals surface area contributed by atoms with E-state index in [1.54, 1.807) is 13.8 Å². The molecule has 0 fully saturated rings. The molecule has 0 saturated carbocycles. The molecule has 0 aliphatic carbocycles. The fourth-order valence-electron chi connectivity index (χ4n) is 1.05. The van der Waals surface area contributed by atoms with Gasteiger partial charge in [-0.05, 0) is 37.6 Å². The van der Waals surface area contributed by atoms with Crippen molar-refractivity contribution in [2.24, 2.45) is 0 Å². The van der Waals surface area contributed by atoms with Crippen LogP contribution in [0.5, 0.6) is 0 Å². The Kier molecular flexibility index (Phi) is 3.87. The SMILES string of the molecule is CCOC(=O)C#Cc1ccc(F)cc1C. The monoisotopic (exact) mass is 206 g/mol. The van der Waals surface area contributed by atoms with Gasteiger partial charge in [0.2, 0.25) is 0 Å². The van der Waals surface area contributed by atoms with Crippen LogP contribution in [0.4, 0.5) is 4.39 Å². The second kappa shape index (κ2) is 5.16. The average molecular weight is 206 g/mol. The number of ether oxygens (including phenoxy) is 1. The number of aryl methyl sites for hydroxylation is 1. The number of rotatable bonds is 1. The summed E-state index contributed by atoms with van der Waals surface area (Å²) in [5.74, 6) is 4.08. The highest BCUT2D eigenvalue weighted by Gasteiger charge is 1.97. The van der Waals surface area contributed by atoms with Gasteiger partial charge < -0.3 is 4.74 Å². The Hall–Kier alpha value is -1.82. The predicted molar refractivity (Wildman–Crippen MR) is 54.6 cm³/mol. The molecule has 3 heteroatoms.